The summed E-state index contributed by atoms with van der Waals surface area (Å²) in [6.45, 7) is 8.45. The molecule has 3 rings (SSSR count). The molecule has 1 atom stereocenters. The van der Waals surface area contributed by atoms with Crippen LogP contribution in [0.4, 0.5) is 0 Å². The first kappa shape index (κ1) is 22.9. The van der Waals surface area contributed by atoms with Crippen molar-refractivity contribution >= 4 is 11.8 Å². The van der Waals surface area contributed by atoms with Crippen LogP contribution in [-0.4, -0.2) is 32.6 Å². The molecule has 1 N–H and O–H groups in total. The van der Waals surface area contributed by atoms with Crippen LogP contribution in [0.2, 0.25) is 0 Å². The number of Topliss-reactive ketones (excluding diaryl/α,β-unsaturated/α-hetero) is 1. The molecule has 0 unspecified atom stereocenters. The standard InChI is InChI=1S/C25H33NO5/c1-7-8-11-31-24(28)21-15(2)26-18-13-25(3,4)14-19(27)23(18)22(21)17-10-9-16(29-5)12-20(17)30-6/h9-10,12,22,26H,7-8,11,13-14H2,1-6H3/t22-/m1/s1. The Balaban J connectivity index is 2.16. The number of esters is 1. The Bertz CT molecular complexity index is 941. The van der Waals surface area contributed by atoms with E-state index in [4.69, 9.17) is 14.2 Å². The van der Waals surface area contributed by atoms with Gasteiger partial charge in [0.15, 0.2) is 5.78 Å². The zero-order valence-corrected chi connectivity index (χ0v) is 19.4. The topological polar surface area (TPSA) is 73.9 Å². The molecule has 0 spiro atoms. The second kappa shape index (κ2) is 9.16. The fourth-order valence-corrected chi connectivity index (χ4v) is 4.46. The molecule has 0 fully saturated rings. The number of unbranched alkanes of at least 4 members (excludes halogenated alkanes) is 1. The van der Waals surface area contributed by atoms with Crippen LogP contribution in [0.5, 0.6) is 11.5 Å². The molecule has 1 heterocycles. The number of carbonyl (C=O) groups excluding carboxylic acids is 2. The van der Waals surface area contributed by atoms with Crippen LogP contribution in [0, 0.1) is 5.41 Å². The Kier molecular flexibility index (Phi) is 6.77. The third kappa shape index (κ3) is 4.63. The highest BCUT2D eigenvalue weighted by Gasteiger charge is 2.44. The lowest BCUT2D eigenvalue weighted by Crippen LogP contribution is -2.38. The summed E-state index contributed by atoms with van der Waals surface area (Å²) in [5.74, 6) is 0.323. The Morgan fingerprint density at radius 3 is 2.58 bits per heavy atom. The Hall–Kier alpha value is -2.76. The van der Waals surface area contributed by atoms with Gasteiger partial charge in [0, 0.05) is 35.0 Å². The first-order valence-corrected chi connectivity index (χ1v) is 10.9. The summed E-state index contributed by atoms with van der Waals surface area (Å²) in [5, 5.41) is 3.36. The van der Waals surface area contributed by atoms with Crippen molar-refractivity contribution in [3.05, 3.63) is 46.3 Å². The van der Waals surface area contributed by atoms with Crippen molar-refractivity contribution in [2.75, 3.05) is 20.8 Å². The smallest absolute Gasteiger partial charge is 0.336 e. The number of ketones is 1. The summed E-state index contributed by atoms with van der Waals surface area (Å²) in [7, 11) is 3.17. The quantitative estimate of drug-likeness (QED) is 0.504. The zero-order valence-electron chi connectivity index (χ0n) is 19.4. The maximum Gasteiger partial charge on any atom is 0.336 e. The maximum atomic E-state index is 13.3. The molecule has 1 aromatic carbocycles. The third-order valence-electron chi connectivity index (χ3n) is 5.94. The summed E-state index contributed by atoms with van der Waals surface area (Å²) >= 11 is 0. The van der Waals surface area contributed by atoms with Gasteiger partial charge in [0.25, 0.3) is 0 Å². The second-order valence-electron chi connectivity index (χ2n) is 9.03. The van der Waals surface area contributed by atoms with Crippen LogP contribution in [0.15, 0.2) is 40.7 Å². The lowest BCUT2D eigenvalue weighted by atomic mass is 9.68. The highest BCUT2D eigenvalue weighted by Crippen LogP contribution is 2.49. The van der Waals surface area contributed by atoms with Crippen molar-refractivity contribution in [2.24, 2.45) is 5.41 Å². The molecule has 0 bridgehead atoms. The lowest BCUT2D eigenvalue weighted by molar-refractivity contribution is -0.139. The molecule has 2 aliphatic rings. The fourth-order valence-electron chi connectivity index (χ4n) is 4.46. The van der Waals surface area contributed by atoms with Gasteiger partial charge < -0.3 is 19.5 Å². The third-order valence-corrected chi connectivity index (χ3v) is 5.94. The maximum absolute atomic E-state index is 13.3. The predicted molar refractivity (Wildman–Crippen MR) is 119 cm³/mol. The van der Waals surface area contributed by atoms with Crippen LogP contribution in [0.25, 0.3) is 0 Å². The monoisotopic (exact) mass is 427 g/mol. The van der Waals surface area contributed by atoms with Gasteiger partial charge in [-0.15, -0.1) is 0 Å². The number of nitrogens with one attached hydrogen (secondary N) is 1. The highest BCUT2D eigenvalue weighted by atomic mass is 16.5. The van der Waals surface area contributed by atoms with E-state index in [1.807, 2.05) is 26.0 Å². The number of hydrogen-bond donors (Lipinski definition) is 1. The van der Waals surface area contributed by atoms with Crippen LogP contribution in [-0.2, 0) is 14.3 Å². The van der Waals surface area contributed by atoms with Gasteiger partial charge in [-0.3, -0.25) is 4.79 Å². The molecule has 168 valence electrons. The number of dihydropyridines is 1. The highest BCUT2D eigenvalue weighted by molar-refractivity contribution is 6.04. The molecule has 0 amide bonds. The summed E-state index contributed by atoms with van der Waals surface area (Å²) in [5.41, 5.74) is 3.31. The predicted octanol–water partition coefficient (Wildman–Crippen LogP) is 4.65. The van der Waals surface area contributed by atoms with Gasteiger partial charge in [-0.05, 0) is 31.2 Å². The minimum atomic E-state index is -0.546. The van der Waals surface area contributed by atoms with E-state index in [0.717, 1.165) is 30.5 Å². The molecule has 0 radical (unpaired) electrons. The van der Waals surface area contributed by atoms with Crippen LogP contribution < -0.4 is 14.8 Å². The van der Waals surface area contributed by atoms with E-state index >= 15 is 0 Å². The number of rotatable bonds is 7. The van der Waals surface area contributed by atoms with E-state index in [-0.39, 0.29) is 11.2 Å². The second-order valence-corrected chi connectivity index (χ2v) is 9.03. The number of methoxy groups -OCH3 is 2. The van der Waals surface area contributed by atoms with E-state index in [1.54, 1.807) is 20.3 Å². The molecule has 1 aromatic rings. The first-order chi connectivity index (χ1) is 14.7. The molecule has 0 aromatic heterocycles. The average Bonchev–Trinajstić information content (AvgIpc) is 2.71. The van der Waals surface area contributed by atoms with E-state index in [2.05, 4.69) is 19.2 Å². The van der Waals surface area contributed by atoms with Crippen molar-refractivity contribution in [1.29, 1.82) is 0 Å². The molecule has 1 aliphatic carbocycles. The summed E-state index contributed by atoms with van der Waals surface area (Å²) in [6.07, 6.45) is 2.89. The van der Waals surface area contributed by atoms with Crippen molar-refractivity contribution in [3.8, 4) is 11.5 Å². The largest absolute Gasteiger partial charge is 0.497 e. The van der Waals surface area contributed by atoms with Gasteiger partial charge in [-0.1, -0.05) is 33.3 Å². The van der Waals surface area contributed by atoms with Gasteiger partial charge in [0.2, 0.25) is 0 Å². The van der Waals surface area contributed by atoms with Gasteiger partial charge in [0.1, 0.15) is 11.5 Å². The molecule has 0 saturated heterocycles. The van der Waals surface area contributed by atoms with Crippen LogP contribution >= 0.6 is 0 Å². The van der Waals surface area contributed by atoms with Crippen LogP contribution in [0.1, 0.15) is 64.9 Å². The van der Waals surface area contributed by atoms with E-state index in [1.165, 1.54) is 0 Å². The zero-order chi connectivity index (χ0) is 22.8. The van der Waals surface area contributed by atoms with Crippen molar-refractivity contribution in [1.82, 2.24) is 5.32 Å². The first-order valence-electron chi connectivity index (χ1n) is 10.9. The Morgan fingerprint density at radius 1 is 1.19 bits per heavy atom. The summed E-state index contributed by atoms with van der Waals surface area (Å²) < 4.78 is 16.6. The summed E-state index contributed by atoms with van der Waals surface area (Å²) in [6, 6.07) is 5.48. The number of ether oxygens (including phenoxy) is 3. The number of hydrogen-bond acceptors (Lipinski definition) is 6. The van der Waals surface area contributed by atoms with E-state index < -0.39 is 11.9 Å². The van der Waals surface area contributed by atoms with E-state index in [0.29, 0.717) is 41.4 Å². The summed E-state index contributed by atoms with van der Waals surface area (Å²) in [4.78, 5) is 26.5. The molecule has 31 heavy (non-hydrogen) atoms. The van der Waals surface area contributed by atoms with Gasteiger partial charge in [-0.2, -0.15) is 0 Å². The van der Waals surface area contributed by atoms with Crippen molar-refractivity contribution in [3.63, 3.8) is 0 Å². The number of allylic oxidation sites excluding steroid dienone is 3. The number of carbonyl (C=O) groups is 2. The van der Waals surface area contributed by atoms with E-state index in [9.17, 15) is 9.59 Å². The normalized spacial score (nSPS) is 20.2. The average molecular weight is 428 g/mol. The molecule has 0 saturated carbocycles. The number of benzene rings is 1. The van der Waals surface area contributed by atoms with Crippen LogP contribution in [0.3, 0.4) is 0 Å². The molecular weight excluding hydrogens is 394 g/mol. The lowest BCUT2D eigenvalue weighted by Gasteiger charge is -2.39. The molecular formula is C25H33NO5. The van der Waals surface area contributed by atoms with Gasteiger partial charge in [0.05, 0.1) is 32.3 Å². The fraction of sp³-hybridized carbons (Fsp3) is 0.520. The Labute approximate surface area is 184 Å². The molecule has 6 heteroatoms. The molecule has 6 nitrogen and oxygen atoms in total. The van der Waals surface area contributed by atoms with Crippen molar-refractivity contribution in [2.45, 2.75) is 59.3 Å². The van der Waals surface area contributed by atoms with Gasteiger partial charge in [-0.25, -0.2) is 4.79 Å². The Morgan fingerprint density at radius 2 is 1.94 bits per heavy atom. The van der Waals surface area contributed by atoms with Gasteiger partial charge >= 0.3 is 5.97 Å². The minimum Gasteiger partial charge on any atom is -0.497 e. The SMILES string of the molecule is CCCCOC(=O)C1=C(C)NC2=C(C(=O)CC(C)(C)C2)[C@@H]1c1ccc(OC)cc1OC. The van der Waals surface area contributed by atoms with Crippen molar-refractivity contribution < 1.29 is 23.8 Å². The minimum absolute atomic E-state index is 0.0491. The molecule has 1 aliphatic heterocycles.